The molecule has 0 aromatic heterocycles. The molecule has 0 amide bonds. The third-order valence-electron chi connectivity index (χ3n) is 11.6. The fourth-order valence-electron chi connectivity index (χ4n) is 8.07. The number of fused-ring (bicyclic) bond motifs is 4. The van der Waals surface area contributed by atoms with Crippen molar-refractivity contribution in [1.29, 1.82) is 0 Å². The minimum absolute atomic E-state index is 0. The summed E-state index contributed by atoms with van der Waals surface area (Å²) in [6, 6.07) is 34.6. The van der Waals surface area contributed by atoms with Crippen molar-refractivity contribution < 1.29 is 4.74 Å². The molecule has 60 heavy (non-hydrogen) atoms. The van der Waals surface area contributed by atoms with Crippen LogP contribution in [-0.2, 0) is 43.6 Å². The van der Waals surface area contributed by atoms with Gasteiger partial charge < -0.3 is 29.2 Å². The van der Waals surface area contributed by atoms with Gasteiger partial charge >= 0.3 is 0 Å². The van der Waals surface area contributed by atoms with Crippen LogP contribution in [0.5, 0.6) is 0 Å². The highest BCUT2D eigenvalue weighted by molar-refractivity contribution is 5.57. The van der Waals surface area contributed by atoms with Crippen LogP contribution in [0.1, 0.15) is 87.8 Å². The van der Waals surface area contributed by atoms with Crippen LogP contribution in [0, 0.1) is 0 Å². The summed E-state index contributed by atoms with van der Waals surface area (Å²) in [7, 11) is 12.9. The van der Waals surface area contributed by atoms with E-state index in [1.165, 1.54) is 122 Å². The number of likely N-dealkylation sites (tertiary alicyclic amines) is 1. The molecule has 4 aromatic rings. The van der Waals surface area contributed by atoms with Crippen molar-refractivity contribution in [3.63, 3.8) is 0 Å². The van der Waals surface area contributed by atoms with E-state index in [1.54, 1.807) is 0 Å². The van der Waals surface area contributed by atoms with E-state index in [0.29, 0.717) is 0 Å². The van der Waals surface area contributed by atoms with E-state index >= 15 is 0 Å². The molecule has 0 radical (unpaired) electrons. The molecule has 0 bridgehead atoms. The first kappa shape index (κ1) is 52.4. The Morgan fingerprint density at radius 2 is 0.750 bits per heavy atom. The normalized spacial score (nSPS) is 17.7. The van der Waals surface area contributed by atoms with Gasteiger partial charge in [-0.05, 0) is 125 Å². The second-order valence-corrected chi connectivity index (χ2v) is 16.4. The molecule has 0 N–H and O–H groups in total. The minimum Gasteiger partial charge on any atom is -0.379 e. The number of nitrogens with zero attached hydrogens (tertiary/aromatic N) is 6. The largest absolute Gasteiger partial charge is 0.379 e. The number of morpholine rings is 1. The van der Waals surface area contributed by atoms with Gasteiger partial charge in [0.1, 0.15) is 0 Å². The molecular formula is C53H86N6O. The summed E-state index contributed by atoms with van der Waals surface area (Å²) in [5, 5.41) is 0. The molecule has 0 atom stereocenters. The zero-order chi connectivity index (χ0) is 41.5. The fourth-order valence-corrected chi connectivity index (χ4v) is 8.07. The Morgan fingerprint density at radius 3 is 1.22 bits per heavy atom. The van der Waals surface area contributed by atoms with Gasteiger partial charge in [0.25, 0.3) is 0 Å². The van der Waals surface area contributed by atoms with Gasteiger partial charge in [0.05, 0.1) is 13.2 Å². The molecule has 0 unspecified atom stereocenters. The lowest BCUT2D eigenvalue weighted by molar-refractivity contribution is 0.0503. The van der Waals surface area contributed by atoms with Crippen LogP contribution < -0.4 is 9.80 Å². The van der Waals surface area contributed by atoms with E-state index in [1.807, 2.05) is 13.8 Å². The lowest BCUT2D eigenvalue weighted by atomic mass is 10.0. The van der Waals surface area contributed by atoms with Gasteiger partial charge in [-0.3, -0.25) is 4.90 Å². The summed E-state index contributed by atoms with van der Waals surface area (Å²) in [4.78, 5) is 14.0. The first-order valence-corrected chi connectivity index (χ1v) is 22.3. The predicted molar refractivity (Wildman–Crippen MR) is 264 cm³/mol. The number of ether oxygens (including phenoxy) is 1. The van der Waals surface area contributed by atoms with Crippen LogP contribution in [-0.4, -0.2) is 121 Å². The minimum atomic E-state index is 0. The van der Waals surface area contributed by atoms with Crippen LogP contribution in [0.15, 0.2) is 97.1 Å². The van der Waals surface area contributed by atoms with Crippen molar-refractivity contribution in [3.05, 3.63) is 130 Å². The Hall–Kier alpha value is -3.72. The van der Waals surface area contributed by atoms with Crippen LogP contribution in [0.2, 0.25) is 0 Å². The van der Waals surface area contributed by atoms with E-state index < -0.39 is 0 Å². The smallest absolute Gasteiger partial charge is 0.0594 e. The Labute approximate surface area is 369 Å². The Balaban J connectivity index is 0.000000246. The SMILES string of the molecule is C.C.CC.CN1CCCCC1.CN1CCCc2ccccc21.CN1CCOCC1.CN1CCc2ccccc21.CN1CCc2ccccc2C1.CN1Cc2ccccc2C1. The first-order valence-electron chi connectivity index (χ1n) is 22.3. The van der Waals surface area contributed by atoms with E-state index in [2.05, 4.69) is 169 Å². The summed E-state index contributed by atoms with van der Waals surface area (Å²) in [5.41, 5.74) is 11.8. The molecule has 0 spiro atoms. The number of piperidine rings is 1. The Morgan fingerprint density at radius 1 is 0.350 bits per heavy atom. The molecule has 6 heterocycles. The van der Waals surface area contributed by atoms with Crippen LogP contribution in [0.25, 0.3) is 0 Å². The van der Waals surface area contributed by atoms with Gasteiger partial charge in [-0.2, -0.15) is 0 Å². The molecule has 0 saturated carbocycles. The number of hydrogen-bond acceptors (Lipinski definition) is 7. The highest BCUT2D eigenvalue weighted by atomic mass is 16.5. The molecule has 334 valence electrons. The summed E-state index contributed by atoms with van der Waals surface area (Å²) < 4.78 is 5.10. The summed E-state index contributed by atoms with van der Waals surface area (Å²) >= 11 is 0. The molecule has 7 nitrogen and oxygen atoms in total. The van der Waals surface area contributed by atoms with Crippen LogP contribution >= 0.6 is 0 Å². The quantitative estimate of drug-likeness (QED) is 0.174. The monoisotopic (exact) mass is 823 g/mol. The summed E-state index contributed by atoms with van der Waals surface area (Å²) in [6.07, 6.45) is 9.25. The summed E-state index contributed by atoms with van der Waals surface area (Å²) in [5.74, 6) is 0. The molecule has 6 aliphatic rings. The molecule has 0 aliphatic carbocycles. The fraction of sp³-hybridized carbons (Fsp3) is 0.547. The van der Waals surface area contributed by atoms with Gasteiger partial charge in [-0.25, -0.2) is 0 Å². The lowest BCUT2D eigenvalue weighted by Crippen LogP contribution is -2.32. The van der Waals surface area contributed by atoms with E-state index in [-0.39, 0.29) is 14.9 Å². The molecule has 10 rings (SSSR count). The maximum Gasteiger partial charge on any atom is 0.0594 e. The van der Waals surface area contributed by atoms with Gasteiger partial charge in [-0.1, -0.05) is 120 Å². The van der Waals surface area contributed by atoms with Crippen LogP contribution in [0.3, 0.4) is 0 Å². The Bertz CT molecular complexity index is 1660. The third-order valence-corrected chi connectivity index (χ3v) is 11.6. The molecule has 2 fully saturated rings. The molecule has 4 aromatic carbocycles. The van der Waals surface area contributed by atoms with Gasteiger partial charge in [0.15, 0.2) is 0 Å². The molecular weight excluding hydrogens is 737 g/mol. The molecule has 7 heteroatoms. The number of benzene rings is 4. The number of aryl methyl sites for hydroxylation is 1. The highest BCUT2D eigenvalue weighted by Gasteiger charge is 2.15. The number of likely N-dealkylation sites (N-methyl/N-ethyl adjacent to an activating group) is 3. The zero-order valence-electron chi connectivity index (χ0n) is 37.8. The van der Waals surface area contributed by atoms with E-state index in [9.17, 15) is 0 Å². The van der Waals surface area contributed by atoms with Crippen molar-refractivity contribution in [3.8, 4) is 0 Å². The third kappa shape index (κ3) is 18.1. The Kier molecular flexibility index (Phi) is 25.8. The average molecular weight is 823 g/mol. The van der Waals surface area contributed by atoms with Crippen LogP contribution in [0.4, 0.5) is 11.4 Å². The van der Waals surface area contributed by atoms with E-state index in [4.69, 9.17) is 4.74 Å². The number of para-hydroxylation sites is 2. The van der Waals surface area contributed by atoms with E-state index in [0.717, 1.165) is 45.9 Å². The molecule has 6 aliphatic heterocycles. The average Bonchev–Trinajstić information content (AvgIpc) is 3.84. The van der Waals surface area contributed by atoms with Gasteiger partial charge in [-0.15, -0.1) is 0 Å². The predicted octanol–water partition coefficient (Wildman–Crippen LogP) is 10.4. The van der Waals surface area contributed by atoms with Crippen molar-refractivity contribution in [2.45, 2.75) is 93.3 Å². The first-order chi connectivity index (χ1) is 28.3. The van der Waals surface area contributed by atoms with Gasteiger partial charge in [0.2, 0.25) is 0 Å². The molecule has 2 saturated heterocycles. The van der Waals surface area contributed by atoms with Crippen molar-refractivity contribution in [2.24, 2.45) is 0 Å². The van der Waals surface area contributed by atoms with Gasteiger partial charge in [0, 0.05) is 77.8 Å². The van der Waals surface area contributed by atoms with Crippen molar-refractivity contribution in [2.75, 3.05) is 111 Å². The number of anilines is 2. The summed E-state index contributed by atoms with van der Waals surface area (Å²) in [6.45, 7) is 17.6. The maximum atomic E-state index is 5.10. The topological polar surface area (TPSA) is 28.7 Å². The standard InChI is InChI=1S/2C10H13N.2C9H11N.C6H13N.C5H11NO.C2H6.2CH4/c1-11-8-4-6-9-5-2-3-7-10(9)11;1-11-7-6-9-4-2-3-5-10(9)8-11;1-10-6-8-4-2-3-5-9(8)7-10;1-10-7-6-8-4-2-3-5-9(8)10;1-7-5-3-2-4-6-7;1-6-2-4-7-5-3-6;1-2;;/h2-3,5,7H,4,6,8H2,1H3;2-5H,6-8H2,1H3;2*2-5H,6-7H2,1H3;2-6H2,1H3;2-5H2,1H3;1-2H3;2*1H4. The maximum absolute atomic E-state index is 5.10. The van der Waals surface area contributed by atoms with Crippen molar-refractivity contribution in [1.82, 2.24) is 19.6 Å². The second-order valence-electron chi connectivity index (χ2n) is 16.4. The zero-order valence-corrected chi connectivity index (χ0v) is 37.8. The highest BCUT2D eigenvalue weighted by Crippen LogP contribution is 2.26. The second kappa shape index (κ2) is 29.5. The lowest BCUT2D eigenvalue weighted by Gasteiger charge is -2.26. The number of rotatable bonds is 0. The van der Waals surface area contributed by atoms with Crippen molar-refractivity contribution >= 4 is 11.4 Å². The number of hydrogen-bond donors (Lipinski definition) is 0.